The first-order chi connectivity index (χ1) is 9.26. The largest absolute Gasteiger partial charge is 0.391 e. The van der Waals surface area contributed by atoms with Gasteiger partial charge in [-0.3, -0.25) is 0 Å². The maximum atomic E-state index is 9.69. The van der Waals surface area contributed by atoms with E-state index in [9.17, 15) is 5.11 Å². The lowest BCUT2D eigenvalue weighted by molar-refractivity contribution is 0.198. The Morgan fingerprint density at radius 2 is 2.21 bits per heavy atom. The molecule has 106 valence electrons. The number of aliphatic hydroxyl groups is 1. The van der Waals surface area contributed by atoms with Crippen LogP contribution < -0.4 is 10.2 Å². The van der Waals surface area contributed by atoms with Crippen LogP contribution in [-0.4, -0.2) is 40.8 Å². The van der Waals surface area contributed by atoms with Crippen LogP contribution >= 0.6 is 0 Å². The second-order valence-electron chi connectivity index (χ2n) is 5.09. The van der Waals surface area contributed by atoms with E-state index >= 15 is 0 Å². The highest BCUT2D eigenvalue weighted by molar-refractivity contribution is 5.59. The molecule has 0 bridgehead atoms. The summed E-state index contributed by atoms with van der Waals surface area (Å²) in [5, 5.41) is 13.1. The molecule has 1 aliphatic heterocycles. The monoisotopic (exact) mass is 264 g/mol. The highest BCUT2D eigenvalue weighted by Crippen LogP contribution is 2.27. The Hall–Kier alpha value is -1.36. The van der Waals surface area contributed by atoms with Crippen LogP contribution in [0.2, 0.25) is 0 Å². The van der Waals surface area contributed by atoms with Crippen LogP contribution in [0.15, 0.2) is 6.33 Å². The average molecular weight is 264 g/mol. The minimum absolute atomic E-state index is 0.225. The molecule has 2 N–H and O–H groups in total. The first-order valence-corrected chi connectivity index (χ1v) is 7.27. The summed E-state index contributed by atoms with van der Waals surface area (Å²) in [6.07, 6.45) is 5.33. The van der Waals surface area contributed by atoms with Crippen LogP contribution in [0.5, 0.6) is 0 Å². The first-order valence-electron chi connectivity index (χ1n) is 7.27. The lowest BCUT2D eigenvalue weighted by Gasteiger charge is -2.21. The molecule has 0 aromatic carbocycles. The zero-order valence-corrected chi connectivity index (χ0v) is 11.9. The van der Waals surface area contributed by atoms with Crippen molar-refractivity contribution in [2.45, 2.75) is 45.6 Å². The van der Waals surface area contributed by atoms with E-state index in [-0.39, 0.29) is 6.10 Å². The second kappa shape index (κ2) is 6.70. The fourth-order valence-electron chi connectivity index (χ4n) is 2.49. The third-order valence-corrected chi connectivity index (χ3v) is 3.43. The number of anilines is 2. The topological polar surface area (TPSA) is 61.3 Å². The predicted octanol–water partition coefficient (Wildman–Crippen LogP) is 1.82. The molecule has 0 saturated carbocycles. The molecule has 0 amide bonds. The van der Waals surface area contributed by atoms with Crippen LogP contribution in [0.4, 0.5) is 11.6 Å². The van der Waals surface area contributed by atoms with Gasteiger partial charge in [-0.1, -0.05) is 20.3 Å². The van der Waals surface area contributed by atoms with Gasteiger partial charge in [-0.2, -0.15) is 0 Å². The second-order valence-corrected chi connectivity index (χ2v) is 5.09. The normalized spacial score (nSPS) is 18.9. The van der Waals surface area contributed by atoms with E-state index < -0.39 is 0 Å². The van der Waals surface area contributed by atoms with Crippen molar-refractivity contribution in [3.8, 4) is 0 Å². The van der Waals surface area contributed by atoms with Gasteiger partial charge in [0.25, 0.3) is 0 Å². The maximum Gasteiger partial charge on any atom is 0.137 e. The van der Waals surface area contributed by atoms with Gasteiger partial charge in [0.1, 0.15) is 18.0 Å². The van der Waals surface area contributed by atoms with Gasteiger partial charge in [0.15, 0.2) is 0 Å². The summed E-state index contributed by atoms with van der Waals surface area (Å²) < 4.78 is 0. The molecule has 5 heteroatoms. The number of nitrogens with one attached hydrogen (secondary N) is 1. The maximum absolute atomic E-state index is 9.69. The molecule has 1 atom stereocenters. The lowest BCUT2D eigenvalue weighted by Crippen LogP contribution is -2.24. The number of hydrogen-bond donors (Lipinski definition) is 2. The summed E-state index contributed by atoms with van der Waals surface area (Å²) in [5.74, 6) is 1.95. The zero-order valence-electron chi connectivity index (χ0n) is 11.9. The number of rotatable bonds is 6. The molecular weight excluding hydrogens is 240 g/mol. The molecule has 1 fully saturated rings. The van der Waals surface area contributed by atoms with Crippen LogP contribution in [0.1, 0.15) is 38.7 Å². The number of nitrogens with zero attached hydrogens (tertiary/aromatic N) is 3. The molecule has 1 aromatic heterocycles. The van der Waals surface area contributed by atoms with E-state index in [1.54, 1.807) is 6.33 Å². The fourth-order valence-corrected chi connectivity index (χ4v) is 2.49. The number of β-amino-alcohol motifs (C(OH)–C–C–N with tert-alkyl or cyclic N) is 1. The van der Waals surface area contributed by atoms with Gasteiger partial charge >= 0.3 is 0 Å². The Bertz CT molecular complexity index is 410. The smallest absolute Gasteiger partial charge is 0.137 e. The Morgan fingerprint density at radius 3 is 2.84 bits per heavy atom. The highest BCUT2D eigenvalue weighted by Gasteiger charge is 2.24. The van der Waals surface area contributed by atoms with E-state index in [2.05, 4.69) is 34.0 Å². The van der Waals surface area contributed by atoms with Crippen molar-refractivity contribution in [3.63, 3.8) is 0 Å². The Morgan fingerprint density at radius 1 is 1.37 bits per heavy atom. The molecule has 1 aromatic rings. The molecule has 1 saturated heterocycles. The minimum Gasteiger partial charge on any atom is -0.391 e. The highest BCUT2D eigenvalue weighted by atomic mass is 16.3. The number of aliphatic hydroxyl groups excluding tert-OH is 1. The molecule has 19 heavy (non-hydrogen) atoms. The van der Waals surface area contributed by atoms with Gasteiger partial charge in [-0.25, -0.2) is 9.97 Å². The number of aromatic nitrogens is 2. The average Bonchev–Trinajstić information content (AvgIpc) is 2.84. The summed E-state index contributed by atoms with van der Waals surface area (Å²) in [6.45, 7) is 6.80. The van der Waals surface area contributed by atoms with E-state index in [0.29, 0.717) is 6.54 Å². The molecule has 5 nitrogen and oxygen atoms in total. The van der Waals surface area contributed by atoms with Gasteiger partial charge in [0, 0.05) is 25.2 Å². The minimum atomic E-state index is -0.225. The van der Waals surface area contributed by atoms with E-state index in [0.717, 1.165) is 50.4 Å². The summed E-state index contributed by atoms with van der Waals surface area (Å²) >= 11 is 0. The van der Waals surface area contributed by atoms with E-state index in [1.807, 2.05) is 0 Å². The van der Waals surface area contributed by atoms with Gasteiger partial charge in [0.05, 0.1) is 6.10 Å². The molecule has 0 aliphatic carbocycles. The van der Waals surface area contributed by atoms with Crippen LogP contribution in [0, 0.1) is 0 Å². The SMILES string of the molecule is CCCNc1ncnc(N2CCC(O)C2)c1CCC. The quantitative estimate of drug-likeness (QED) is 0.820. The van der Waals surface area contributed by atoms with Crippen LogP contribution in [0.3, 0.4) is 0 Å². The van der Waals surface area contributed by atoms with Gasteiger partial charge in [-0.15, -0.1) is 0 Å². The third-order valence-electron chi connectivity index (χ3n) is 3.43. The molecule has 2 rings (SSSR count). The molecule has 0 spiro atoms. The summed E-state index contributed by atoms with van der Waals surface area (Å²) in [6, 6.07) is 0. The van der Waals surface area contributed by atoms with Gasteiger partial charge in [0.2, 0.25) is 0 Å². The van der Waals surface area contributed by atoms with Crippen molar-refractivity contribution >= 4 is 11.6 Å². The van der Waals surface area contributed by atoms with Crippen LogP contribution in [-0.2, 0) is 6.42 Å². The van der Waals surface area contributed by atoms with E-state index in [1.165, 1.54) is 5.56 Å². The summed E-state index contributed by atoms with van der Waals surface area (Å²) in [4.78, 5) is 11.0. The predicted molar refractivity (Wildman–Crippen MR) is 77.6 cm³/mol. The van der Waals surface area contributed by atoms with E-state index in [4.69, 9.17) is 0 Å². The van der Waals surface area contributed by atoms with Crippen molar-refractivity contribution in [2.24, 2.45) is 0 Å². The Balaban J connectivity index is 2.25. The molecule has 1 unspecified atom stereocenters. The van der Waals surface area contributed by atoms with Crippen molar-refractivity contribution < 1.29 is 5.11 Å². The molecule has 0 radical (unpaired) electrons. The zero-order chi connectivity index (χ0) is 13.7. The summed E-state index contributed by atoms with van der Waals surface area (Å²) in [7, 11) is 0. The van der Waals surface area contributed by atoms with Crippen molar-refractivity contribution in [2.75, 3.05) is 29.9 Å². The molecule has 2 heterocycles. The van der Waals surface area contributed by atoms with Crippen LogP contribution in [0.25, 0.3) is 0 Å². The molecule has 1 aliphatic rings. The standard InChI is InChI=1S/C14H24N4O/c1-3-5-12-13(15-7-4-2)16-10-17-14(12)18-8-6-11(19)9-18/h10-11,19H,3-9H2,1-2H3,(H,15,16,17). The fraction of sp³-hybridized carbons (Fsp3) is 0.714. The Labute approximate surface area is 115 Å². The van der Waals surface area contributed by atoms with Gasteiger partial charge < -0.3 is 15.3 Å². The van der Waals surface area contributed by atoms with Crippen molar-refractivity contribution in [3.05, 3.63) is 11.9 Å². The summed E-state index contributed by atoms with van der Waals surface area (Å²) in [5.41, 5.74) is 1.19. The Kier molecular flexibility index (Phi) is 4.96. The van der Waals surface area contributed by atoms with Crippen molar-refractivity contribution in [1.29, 1.82) is 0 Å². The molecular formula is C14H24N4O. The first kappa shape index (κ1) is 14.1. The lowest BCUT2D eigenvalue weighted by atomic mass is 10.1. The number of hydrogen-bond acceptors (Lipinski definition) is 5. The van der Waals surface area contributed by atoms with Gasteiger partial charge in [-0.05, 0) is 19.3 Å². The van der Waals surface area contributed by atoms with Crippen molar-refractivity contribution in [1.82, 2.24) is 9.97 Å². The third kappa shape index (κ3) is 3.35.